The highest BCUT2D eigenvalue weighted by Gasteiger charge is 2.22. The topological polar surface area (TPSA) is 52.6 Å². The van der Waals surface area contributed by atoms with Crippen molar-refractivity contribution in [3.05, 3.63) is 28.2 Å². The maximum Gasteiger partial charge on any atom is 0.321 e. The Hall–Kier alpha value is -1.07. The molecular formula is C13H17BrN2O2. The number of hydrogen-bond acceptors (Lipinski definition) is 2. The van der Waals surface area contributed by atoms with Crippen molar-refractivity contribution < 1.29 is 9.90 Å². The number of halogens is 1. The van der Waals surface area contributed by atoms with Crippen molar-refractivity contribution in [3.63, 3.8) is 0 Å². The number of nitrogens with one attached hydrogen (secondary N) is 1. The Morgan fingerprint density at radius 3 is 3.00 bits per heavy atom. The van der Waals surface area contributed by atoms with E-state index < -0.39 is 6.10 Å². The molecule has 1 unspecified atom stereocenters. The molecule has 2 N–H and O–H groups in total. The number of aliphatic hydroxyl groups excluding tert-OH is 1. The number of carbonyl (C=O) groups is 1. The van der Waals surface area contributed by atoms with Crippen molar-refractivity contribution in [2.75, 3.05) is 18.4 Å². The van der Waals surface area contributed by atoms with E-state index in [9.17, 15) is 9.90 Å². The number of aryl methyl sites for hydroxylation is 1. The first-order valence-electron chi connectivity index (χ1n) is 6.06. The van der Waals surface area contributed by atoms with Gasteiger partial charge in [0.15, 0.2) is 0 Å². The number of aliphatic hydroxyl groups is 1. The quantitative estimate of drug-likeness (QED) is 0.837. The molecule has 0 spiro atoms. The number of anilines is 1. The zero-order chi connectivity index (χ0) is 13.1. The van der Waals surface area contributed by atoms with Crippen LogP contribution in [0.15, 0.2) is 22.7 Å². The number of rotatable bonds is 1. The second-order valence-corrected chi connectivity index (χ2v) is 5.55. The molecule has 0 bridgehead atoms. The van der Waals surface area contributed by atoms with Crippen molar-refractivity contribution >= 4 is 27.6 Å². The zero-order valence-corrected chi connectivity index (χ0v) is 11.9. The predicted octanol–water partition coefficient (Wildman–Crippen LogP) is 2.75. The van der Waals surface area contributed by atoms with Crippen LogP contribution >= 0.6 is 15.9 Å². The van der Waals surface area contributed by atoms with Crippen molar-refractivity contribution in [1.29, 1.82) is 0 Å². The Bertz CT molecular complexity index is 451. The summed E-state index contributed by atoms with van der Waals surface area (Å²) in [6.07, 6.45) is 1.24. The lowest BCUT2D eigenvalue weighted by molar-refractivity contribution is 0.0883. The summed E-state index contributed by atoms with van der Waals surface area (Å²) in [5.74, 6) is 0. The Morgan fingerprint density at radius 2 is 2.33 bits per heavy atom. The lowest BCUT2D eigenvalue weighted by atomic mass is 10.1. The van der Waals surface area contributed by atoms with Crippen molar-refractivity contribution in [3.8, 4) is 0 Å². The van der Waals surface area contributed by atoms with Gasteiger partial charge in [0, 0.05) is 23.2 Å². The van der Waals surface area contributed by atoms with Gasteiger partial charge in [-0.3, -0.25) is 0 Å². The van der Waals surface area contributed by atoms with Gasteiger partial charge in [-0.15, -0.1) is 0 Å². The first kappa shape index (κ1) is 13.4. The minimum Gasteiger partial charge on any atom is -0.391 e. The largest absolute Gasteiger partial charge is 0.391 e. The number of urea groups is 1. The number of carbonyl (C=O) groups excluding carboxylic acids is 1. The molecule has 0 radical (unpaired) electrons. The van der Waals surface area contributed by atoms with Gasteiger partial charge >= 0.3 is 6.03 Å². The SMILES string of the molecule is Cc1cc(Br)ccc1NC(=O)N1CCCC(O)C1. The van der Waals surface area contributed by atoms with E-state index in [1.54, 1.807) is 4.90 Å². The van der Waals surface area contributed by atoms with Gasteiger partial charge in [-0.2, -0.15) is 0 Å². The summed E-state index contributed by atoms with van der Waals surface area (Å²) in [6, 6.07) is 5.59. The number of nitrogens with zero attached hydrogens (tertiary/aromatic N) is 1. The molecular weight excluding hydrogens is 296 g/mol. The molecule has 4 nitrogen and oxygen atoms in total. The highest BCUT2D eigenvalue weighted by atomic mass is 79.9. The summed E-state index contributed by atoms with van der Waals surface area (Å²) >= 11 is 3.39. The molecule has 0 saturated carbocycles. The molecule has 1 heterocycles. The second kappa shape index (κ2) is 5.71. The lowest BCUT2D eigenvalue weighted by Crippen LogP contribution is -2.44. The van der Waals surface area contributed by atoms with Gasteiger partial charge in [0.1, 0.15) is 0 Å². The Kier molecular flexibility index (Phi) is 4.24. The molecule has 2 amide bonds. The number of piperidine rings is 1. The summed E-state index contributed by atoms with van der Waals surface area (Å²) in [5.41, 5.74) is 1.82. The van der Waals surface area contributed by atoms with Gasteiger partial charge < -0.3 is 15.3 Å². The van der Waals surface area contributed by atoms with Crippen LogP contribution in [-0.2, 0) is 0 Å². The van der Waals surface area contributed by atoms with Gasteiger partial charge in [-0.1, -0.05) is 15.9 Å². The summed E-state index contributed by atoms with van der Waals surface area (Å²) in [4.78, 5) is 13.7. The fraction of sp³-hybridized carbons (Fsp3) is 0.462. The number of amides is 2. The smallest absolute Gasteiger partial charge is 0.321 e. The third-order valence-electron chi connectivity index (χ3n) is 3.11. The van der Waals surface area contributed by atoms with Crippen LogP contribution in [0.1, 0.15) is 18.4 Å². The van der Waals surface area contributed by atoms with Crippen LogP contribution < -0.4 is 5.32 Å². The molecule has 1 aromatic carbocycles. The van der Waals surface area contributed by atoms with E-state index in [-0.39, 0.29) is 6.03 Å². The van der Waals surface area contributed by atoms with Crippen LogP contribution in [0.4, 0.5) is 10.5 Å². The number of β-amino-alcohol motifs (C(OH)–C–C–N with tert-alkyl or cyclic N) is 1. The van der Waals surface area contributed by atoms with Gasteiger partial charge in [-0.05, 0) is 43.5 Å². The normalized spacial score (nSPS) is 19.7. The molecule has 2 rings (SSSR count). The van der Waals surface area contributed by atoms with E-state index in [1.807, 2.05) is 25.1 Å². The summed E-state index contributed by atoms with van der Waals surface area (Å²) in [5, 5.41) is 12.4. The molecule has 1 aromatic rings. The highest BCUT2D eigenvalue weighted by Crippen LogP contribution is 2.21. The molecule has 0 aromatic heterocycles. The number of hydrogen-bond donors (Lipinski definition) is 2. The summed E-state index contributed by atoms with van der Waals surface area (Å²) in [7, 11) is 0. The third kappa shape index (κ3) is 3.23. The average Bonchev–Trinajstić information content (AvgIpc) is 2.32. The first-order chi connectivity index (χ1) is 8.56. The Labute approximate surface area is 115 Å². The second-order valence-electron chi connectivity index (χ2n) is 4.63. The number of benzene rings is 1. The number of likely N-dealkylation sites (tertiary alicyclic amines) is 1. The lowest BCUT2D eigenvalue weighted by Gasteiger charge is -2.30. The molecule has 1 atom stereocenters. The van der Waals surface area contributed by atoms with E-state index in [1.165, 1.54) is 0 Å². The molecule has 0 aliphatic carbocycles. The maximum atomic E-state index is 12.0. The van der Waals surface area contributed by atoms with Crippen LogP contribution in [-0.4, -0.2) is 35.2 Å². The molecule has 5 heteroatoms. The minimum atomic E-state index is -0.393. The standard InChI is InChI=1S/C13H17BrN2O2/c1-9-7-10(14)4-5-12(9)15-13(18)16-6-2-3-11(17)8-16/h4-5,7,11,17H,2-3,6,8H2,1H3,(H,15,18). The van der Waals surface area contributed by atoms with Crippen LogP contribution in [0.5, 0.6) is 0 Å². The molecule has 98 valence electrons. The van der Waals surface area contributed by atoms with Crippen molar-refractivity contribution in [2.24, 2.45) is 0 Å². The monoisotopic (exact) mass is 312 g/mol. The maximum absolute atomic E-state index is 12.0. The van der Waals surface area contributed by atoms with Crippen molar-refractivity contribution in [1.82, 2.24) is 4.90 Å². The summed E-state index contributed by atoms with van der Waals surface area (Å²) < 4.78 is 0.992. The van der Waals surface area contributed by atoms with E-state index in [0.717, 1.165) is 28.6 Å². The fourth-order valence-corrected chi connectivity index (χ4v) is 2.58. The molecule has 18 heavy (non-hydrogen) atoms. The third-order valence-corrected chi connectivity index (χ3v) is 3.61. The van der Waals surface area contributed by atoms with E-state index in [4.69, 9.17) is 0 Å². The average molecular weight is 313 g/mol. The van der Waals surface area contributed by atoms with E-state index in [0.29, 0.717) is 13.1 Å². The molecule has 1 fully saturated rings. The fourth-order valence-electron chi connectivity index (χ4n) is 2.10. The molecule has 1 aliphatic heterocycles. The van der Waals surface area contributed by atoms with Gasteiger partial charge in [0.2, 0.25) is 0 Å². The molecule has 1 saturated heterocycles. The van der Waals surface area contributed by atoms with Crippen LogP contribution in [0.25, 0.3) is 0 Å². The Balaban J connectivity index is 2.02. The summed E-state index contributed by atoms with van der Waals surface area (Å²) in [6.45, 7) is 3.07. The van der Waals surface area contributed by atoms with Crippen LogP contribution in [0, 0.1) is 6.92 Å². The van der Waals surface area contributed by atoms with Crippen molar-refractivity contribution in [2.45, 2.75) is 25.9 Å². The van der Waals surface area contributed by atoms with E-state index in [2.05, 4.69) is 21.2 Å². The van der Waals surface area contributed by atoms with Gasteiger partial charge in [-0.25, -0.2) is 4.79 Å². The predicted molar refractivity (Wildman–Crippen MR) is 74.7 cm³/mol. The Morgan fingerprint density at radius 1 is 1.56 bits per heavy atom. The van der Waals surface area contributed by atoms with E-state index >= 15 is 0 Å². The molecule has 1 aliphatic rings. The highest BCUT2D eigenvalue weighted by molar-refractivity contribution is 9.10. The van der Waals surface area contributed by atoms with Crippen LogP contribution in [0.2, 0.25) is 0 Å². The zero-order valence-electron chi connectivity index (χ0n) is 10.3. The minimum absolute atomic E-state index is 0.140. The van der Waals surface area contributed by atoms with Crippen LogP contribution in [0.3, 0.4) is 0 Å². The van der Waals surface area contributed by atoms with Gasteiger partial charge in [0.05, 0.1) is 6.10 Å². The first-order valence-corrected chi connectivity index (χ1v) is 6.85. The van der Waals surface area contributed by atoms with Gasteiger partial charge in [0.25, 0.3) is 0 Å².